The summed E-state index contributed by atoms with van der Waals surface area (Å²) in [6.07, 6.45) is 1.62. The second-order valence-corrected chi connectivity index (χ2v) is 4.88. The van der Waals surface area contributed by atoms with Crippen molar-refractivity contribution >= 4 is 18.3 Å². The molecule has 0 atom stereocenters. The lowest BCUT2D eigenvalue weighted by molar-refractivity contribution is -0.120. The van der Waals surface area contributed by atoms with Crippen molar-refractivity contribution in [1.29, 1.82) is 0 Å². The number of nitrogens with one attached hydrogen (secondary N) is 1. The average molecular weight is 303 g/mol. The molecule has 0 unspecified atom stereocenters. The molecule has 0 radical (unpaired) electrons. The van der Waals surface area contributed by atoms with Crippen LogP contribution in [-0.2, 0) is 14.9 Å². The monoisotopic (exact) mass is 302 g/mol. The van der Waals surface area contributed by atoms with Crippen molar-refractivity contribution in [1.82, 2.24) is 5.32 Å². The molecule has 1 aromatic carbocycles. The lowest BCUT2D eigenvalue weighted by Gasteiger charge is -2.38. The highest BCUT2D eigenvalue weighted by Gasteiger charge is 2.34. The second kappa shape index (κ2) is 7.57. The number of carbonyl (C=O) groups excluding carboxylic acids is 1. The lowest BCUT2D eigenvalue weighted by atomic mass is 9.74. The van der Waals surface area contributed by atoms with Crippen LogP contribution in [0.15, 0.2) is 24.3 Å². The number of halogens is 2. The first-order chi connectivity index (χ1) is 9.16. The first-order valence-electron chi connectivity index (χ1n) is 6.47. The summed E-state index contributed by atoms with van der Waals surface area (Å²) in [7, 11) is 0. The summed E-state index contributed by atoms with van der Waals surface area (Å²) in [6.45, 7) is 1.79. The van der Waals surface area contributed by atoms with Gasteiger partial charge in [0, 0.05) is 25.2 Å². The highest BCUT2D eigenvalue weighted by molar-refractivity contribution is 5.85. The van der Waals surface area contributed by atoms with Gasteiger partial charge in [0.15, 0.2) is 0 Å². The molecule has 1 heterocycles. The number of ether oxygens (including phenoxy) is 1. The molecule has 2 rings (SSSR count). The number of amides is 1. The third kappa shape index (κ3) is 3.91. The van der Waals surface area contributed by atoms with E-state index in [1.807, 2.05) is 0 Å². The fourth-order valence-corrected chi connectivity index (χ4v) is 2.47. The van der Waals surface area contributed by atoms with E-state index in [4.69, 9.17) is 10.5 Å². The highest BCUT2D eigenvalue weighted by atomic mass is 35.5. The van der Waals surface area contributed by atoms with E-state index in [9.17, 15) is 9.18 Å². The Labute approximate surface area is 124 Å². The zero-order valence-corrected chi connectivity index (χ0v) is 12.0. The van der Waals surface area contributed by atoms with Gasteiger partial charge in [-0.3, -0.25) is 4.79 Å². The molecule has 0 saturated carbocycles. The number of hydrogen-bond donors (Lipinski definition) is 2. The summed E-state index contributed by atoms with van der Waals surface area (Å²) in [5.74, 6) is -0.426. The standard InChI is InChI=1S/C14H19FN2O2.ClH/c15-12-3-1-11(2-4-12)14(5-7-19-8-6-14)10-17-13(18)9-16;/h1-4H,5-10,16H2,(H,17,18);1H. The molecule has 1 amide bonds. The third-order valence-corrected chi connectivity index (χ3v) is 3.72. The summed E-state index contributed by atoms with van der Waals surface area (Å²) >= 11 is 0. The first kappa shape index (κ1) is 16.9. The minimum atomic E-state index is -0.253. The molecule has 20 heavy (non-hydrogen) atoms. The minimum absolute atomic E-state index is 0. The van der Waals surface area contributed by atoms with Crippen LogP contribution in [0.3, 0.4) is 0 Å². The SMILES string of the molecule is Cl.NCC(=O)NCC1(c2ccc(F)cc2)CCOCC1. The van der Waals surface area contributed by atoms with Gasteiger partial charge in [-0.15, -0.1) is 12.4 Å². The van der Waals surface area contributed by atoms with Crippen LogP contribution in [-0.4, -0.2) is 32.2 Å². The zero-order chi connectivity index (χ0) is 13.7. The van der Waals surface area contributed by atoms with E-state index in [1.165, 1.54) is 12.1 Å². The fourth-order valence-electron chi connectivity index (χ4n) is 2.47. The quantitative estimate of drug-likeness (QED) is 0.883. The zero-order valence-electron chi connectivity index (χ0n) is 11.2. The average Bonchev–Trinajstić information content (AvgIpc) is 2.46. The van der Waals surface area contributed by atoms with Crippen molar-refractivity contribution in [2.24, 2.45) is 5.73 Å². The number of nitrogens with two attached hydrogens (primary N) is 1. The second-order valence-electron chi connectivity index (χ2n) is 4.88. The van der Waals surface area contributed by atoms with E-state index in [1.54, 1.807) is 12.1 Å². The van der Waals surface area contributed by atoms with Gasteiger partial charge < -0.3 is 15.8 Å². The van der Waals surface area contributed by atoms with E-state index >= 15 is 0 Å². The Balaban J connectivity index is 0.00000200. The Bertz CT molecular complexity index is 433. The van der Waals surface area contributed by atoms with Gasteiger partial charge in [0.25, 0.3) is 0 Å². The van der Waals surface area contributed by atoms with Gasteiger partial charge in [-0.1, -0.05) is 12.1 Å². The Morgan fingerprint density at radius 3 is 2.45 bits per heavy atom. The maximum atomic E-state index is 13.0. The molecule has 3 N–H and O–H groups in total. The third-order valence-electron chi connectivity index (χ3n) is 3.72. The molecule has 0 aromatic heterocycles. The summed E-state index contributed by atoms with van der Waals surface area (Å²) in [4.78, 5) is 11.4. The maximum Gasteiger partial charge on any atom is 0.233 e. The van der Waals surface area contributed by atoms with Crippen LogP contribution in [0.2, 0.25) is 0 Å². The molecular formula is C14H20ClFN2O2. The normalized spacial score (nSPS) is 17.1. The largest absolute Gasteiger partial charge is 0.381 e. The van der Waals surface area contributed by atoms with Crippen LogP contribution in [0.4, 0.5) is 4.39 Å². The van der Waals surface area contributed by atoms with Crippen LogP contribution in [0.1, 0.15) is 18.4 Å². The number of rotatable bonds is 4. The van der Waals surface area contributed by atoms with E-state index in [0.717, 1.165) is 18.4 Å². The van der Waals surface area contributed by atoms with Crippen molar-refractivity contribution in [3.05, 3.63) is 35.6 Å². The maximum absolute atomic E-state index is 13.0. The van der Waals surface area contributed by atoms with Crippen LogP contribution in [0.25, 0.3) is 0 Å². The predicted molar refractivity (Wildman–Crippen MR) is 77.4 cm³/mol. The van der Waals surface area contributed by atoms with Crippen molar-refractivity contribution in [3.8, 4) is 0 Å². The van der Waals surface area contributed by atoms with Gasteiger partial charge in [0.05, 0.1) is 6.54 Å². The summed E-state index contributed by atoms with van der Waals surface area (Å²) in [5.41, 5.74) is 6.16. The number of carbonyl (C=O) groups is 1. The van der Waals surface area contributed by atoms with Crippen molar-refractivity contribution in [2.75, 3.05) is 26.3 Å². The Hall–Kier alpha value is -1.17. The van der Waals surface area contributed by atoms with Crippen LogP contribution < -0.4 is 11.1 Å². The van der Waals surface area contributed by atoms with Crippen molar-refractivity contribution in [2.45, 2.75) is 18.3 Å². The lowest BCUT2D eigenvalue weighted by Crippen LogP contribution is -2.46. The van der Waals surface area contributed by atoms with Gasteiger partial charge in [0.1, 0.15) is 5.82 Å². The van der Waals surface area contributed by atoms with Crippen LogP contribution >= 0.6 is 12.4 Å². The Morgan fingerprint density at radius 1 is 1.30 bits per heavy atom. The molecule has 6 heteroatoms. The van der Waals surface area contributed by atoms with Crippen LogP contribution in [0, 0.1) is 5.82 Å². The molecule has 0 bridgehead atoms. The van der Waals surface area contributed by atoms with E-state index < -0.39 is 0 Å². The Kier molecular flexibility index (Phi) is 6.39. The summed E-state index contributed by atoms with van der Waals surface area (Å²) < 4.78 is 18.4. The van der Waals surface area contributed by atoms with Crippen LogP contribution in [0.5, 0.6) is 0 Å². The van der Waals surface area contributed by atoms with Gasteiger partial charge in [-0.25, -0.2) is 4.39 Å². The van der Waals surface area contributed by atoms with E-state index in [-0.39, 0.29) is 36.1 Å². The van der Waals surface area contributed by atoms with Gasteiger partial charge in [-0.05, 0) is 30.5 Å². The molecular weight excluding hydrogens is 283 g/mol. The number of benzene rings is 1. The molecule has 1 aromatic rings. The van der Waals surface area contributed by atoms with Gasteiger partial charge in [-0.2, -0.15) is 0 Å². The highest BCUT2D eigenvalue weighted by Crippen LogP contribution is 2.34. The smallest absolute Gasteiger partial charge is 0.233 e. The predicted octanol–water partition coefficient (Wildman–Crippen LogP) is 1.37. The molecule has 1 fully saturated rings. The van der Waals surface area contributed by atoms with Crippen molar-refractivity contribution in [3.63, 3.8) is 0 Å². The molecule has 0 aliphatic carbocycles. The molecule has 112 valence electrons. The summed E-state index contributed by atoms with van der Waals surface area (Å²) in [5, 5.41) is 2.84. The van der Waals surface area contributed by atoms with E-state index in [0.29, 0.717) is 19.8 Å². The van der Waals surface area contributed by atoms with Crippen molar-refractivity contribution < 1.29 is 13.9 Å². The molecule has 4 nitrogen and oxygen atoms in total. The minimum Gasteiger partial charge on any atom is -0.381 e. The summed E-state index contributed by atoms with van der Waals surface area (Å²) in [6, 6.07) is 6.49. The first-order valence-corrected chi connectivity index (χ1v) is 6.47. The molecule has 1 saturated heterocycles. The number of hydrogen-bond acceptors (Lipinski definition) is 3. The molecule has 1 aliphatic rings. The molecule has 1 aliphatic heterocycles. The fraction of sp³-hybridized carbons (Fsp3) is 0.500. The Morgan fingerprint density at radius 2 is 1.90 bits per heavy atom. The topological polar surface area (TPSA) is 64.4 Å². The molecule has 0 spiro atoms. The van der Waals surface area contributed by atoms with Gasteiger partial charge >= 0.3 is 0 Å². The van der Waals surface area contributed by atoms with Gasteiger partial charge in [0.2, 0.25) is 5.91 Å². The van der Waals surface area contributed by atoms with E-state index in [2.05, 4.69) is 5.32 Å².